The van der Waals surface area contributed by atoms with Crippen molar-refractivity contribution in [2.24, 2.45) is 5.41 Å². The van der Waals surface area contributed by atoms with Crippen LogP contribution in [0.5, 0.6) is 0 Å². The number of nitrogens with zero attached hydrogens (tertiary/aromatic N) is 2. The molecule has 0 radical (unpaired) electrons. The maximum Gasteiger partial charge on any atom is 0.223 e. The smallest absolute Gasteiger partial charge is 0.223 e. The molecule has 3 heteroatoms. The molecule has 1 aliphatic rings. The molecule has 1 saturated carbocycles. The summed E-state index contributed by atoms with van der Waals surface area (Å²) in [6.45, 7) is 4.66. The van der Waals surface area contributed by atoms with Gasteiger partial charge >= 0.3 is 0 Å². The quantitative estimate of drug-likeness (QED) is 0.872. The lowest BCUT2D eigenvalue weighted by Crippen LogP contribution is -2.19. The van der Waals surface area contributed by atoms with Crippen LogP contribution in [-0.4, -0.2) is 16.0 Å². The first-order valence-corrected chi connectivity index (χ1v) is 6.61. The number of benzene rings is 1. The van der Waals surface area contributed by atoms with Crippen molar-refractivity contribution >= 4 is 16.9 Å². The predicted molar refractivity (Wildman–Crippen MR) is 74.6 cm³/mol. The Bertz CT molecular complexity index is 562. The van der Waals surface area contributed by atoms with Crippen LogP contribution in [0.15, 0.2) is 30.5 Å². The Morgan fingerprint density at radius 3 is 2.89 bits per heavy atom. The molecular weight excluding hydrogens is 222 g/mol. The molecule has 1 aliphatic carbocycles. The molecule has 0 bridgehead atoms. The van der Waals surface area contributed by atoms with Crippen molar-refractivity contribution in [3.63, 3.8) is 0 Å². The molecule has 3 nitrogen and oxygen atoms in total. The summed E-state index contributed by atoms with van der Waals surface area (Å²) in [5.41, 5.74) is 1.46. The number of aromatic nitrogens is 2. The van der Waals surface area contributed by atoms with E-state index in [9.17, 15) is 0 Å². The predicted octanol–water partition coefficient (Wildman–Crippen LogP) is 3.62. The van der Waals surface area contributed by atoms with Crippen molar-refractivity contribution in [3.05, 3.63) is 30.5 Å². The summed E-state index contributed by atoms with van der Waals surface area (Å²) in [4.78, 5) is 8.96. The fourth-order valence-electron chi connectivity index (χ4n) is 2.78. The summed E-state index contributed by atoms with van der Waals surface area (Å²) < 4.78 is 0. The Morgan fingerprint density at radius 1 is 1.28 bits per heavy atom. The molecule has 1 aromatic heterocycles. The lowest BCUT2D eigenvalue weighted by Gasteiger charge is -2.17. The highest BCUT2D eigenvalue weighted by Crippen LogP contribution is 2.37. The van der Waals surface area contributed by atoms with Gasteiger partial charge < -0.3 is 5.32 Å². The SMILES string of the molecule is CC1(C)CCC(Nc2ncc3ccccc3n2)C1. The van der Waals surface area contributed by atoms with Crippen LogP contribution in [0, 0.1) is 5.41 Å². The molecule has 3 rings (SSSR count). The molecule has 2 aromatic rings. The van der Waals surface area contributed by atoms with E-state index < -0.39 is 0 Å². The Morgan fingerprint density at radius 2 is 2.11 bits per heavy atom. The first kappa shape index (κ1) is 11.5. The van der Waals surface area contributed by atoms with Crippen LogP contribution in [0.1, 0.15) is 33.1 Å². The van der Waals surface area contributed by atoms with Gasteiger partial charge in [-0.2, -0.15) is 0 Å². The molecule has 1 aromatic carbocycles. The van der Waals surface area contributed by atoms with Crippen LogP contribution < -0.4 is 5.32 Å². The van der Waals surface area contributed by atoms with E-state index in [0.717, 1.165) is 16.9 Å². The van der Waals surface area contributed by atoms with Crippen LogP contribution in [0.2, 0.25) is 0 Å². The van der Waals surface area contributed by atoms with Gasteiger partial charge in [0.15, 0.2) is 0 Å². The molecule has 0 aliphatic heterocycles. The van der Waals surface area contributed by atoms with Crippen LogP contribution in [0.3, 0.4) is 0 Å². The highest BCUT2D eigenvalue weighted by Gasteiger charge is 2.31. The van der Waals surface area contributed by atoms with Crippen LogP contribution >= 0.6 is 0 Å². The number of nitrogens with one attached hydrogen (secondary N) is 1. The second-order valence-electron chi connectivity index (χ2n) is 6.00. The van der Waals surface area contributed by atoms with E-state index in [4.69, 9.17) is 0 Å². The summed E-state index contributed by atoms with van der Waals surface area (Å²) in [6.07, 6.45) is 5.58. The lowest BCUT2D eigenvalue weighted by atomic mass is 9.92. The van der Waals surface area contributed by atoms with E-state index >= 15 is 0 Å². The van der Waals surface area contributed by atoms with Gasteiger partial charge in [-0.3, -0.25) is 0 Å². The van der Waals surface area contributed by atoms with Crippen LogP contribution in [0.4, 0.5) is 5.95 Å². The molecule has 18 heavy (non-hydrogen) atoms. The number of hydrogen-bond acceptors (Lipinski definition) is 3. The minimum atomic E-state index is 0.453. The van der Waals surface area contributed by atoms with Gasteiger partial charge in [0.05, 0.1) is 5.52 Å². The zero-order chi connectivity index (χ0) is 12.6. The summed E-state index contributed by atoms with van der Waals surface area (Å²) in [7, 11) is 0. The van der Waals surface area contributed by atoms with E-state index in [1.807, 2.05) is 30.5 Å². The first-order valence-electron chi connectivity index (χ1n) is 6.61. The van der Waals surface area contributed by atoms with Gasteiger partial charge in [-0.15, -0.1) is 0 Å². The fraction of sp³-hybridized carbons (Fsp3) is 0.467. The van der Waals surface area contributed by atoms with Crippen LogP contribution in [0.25, 0.3) is 10.9 Å². The highest BCUT2D eigenvalue weighted by atomic mass is 15.1. The molecule has 1 heterocycles. The monoisotopic (exact) mass is 241 g/mol. The summed E-state index contributed by atoms with van der Waals surface area (Å²) in [6, 6.07) is 8.61. The largest absolute Gasteiger partial charge is 0.351 e. The second-order valence-corrected chi connectivity index (χ2v) is 6.00. The zero-order valence-electron chi connectivity index (χ0n) is 11.0. The third-order valence-electron chi connectivity index (χ3n) is 3.79. The minimum absolute atomic E-state index is 0.453. The zero-order valence-corrected chi connectivity index (χ0v) is 11.0. The van der Waals surface area contributed by atoms with Gasteiger partial charge in [0.2, 0.25) is 5.95 Å². The van der Waals surface area contributed by atoms with Gasteiger partial charge in [0, 0.05) is 17.6 Å². The van der Waals surface area contributed by atoms with Gasteiger partial charge in [0.25, 0.3) is 0 Å². The van der Waals surface area contributed by atoms with E-state index in [0.29, 0.717) is 11.5 Å². The molecule has 1 fully saturated rings. The first-order chi connectivity index (χ1) is 8.62. The van der Waals surface area contributed by atoms with Crippen molar-refractivity contribution < 1.29 is 0 Å². The normalized spacial score (nSPS) is 22.2. The molecule has 1 atom stereocenters. The van der Waals surface area contributed by atoms with Gasteiger partial charge in [-0.05, 0) is 30.7 Å². The maximum absolute atomic E-state index is 4.56. The second kappa shape index (κ2) is 4.23. The summed E-state index contributed by atoms with van der Waals surface area (Å²) in [5, 5.41) is 4.56. The molecule has 94 valence electrons. The van der Waals surface area contributed by atoms with Crippen molar-refractivity contribution in [1.82, 2.24) is 9.97 Å². The van der Waals surface area contributed by atoms with Crippen molar-refractivity contribution in [3.8, 4) is 0 Å². The number of fused-ring (bicyclic) bond motifs is 1. The molecule has 0 spiro atoms. The van der Waals surface area contributed by atoms with Crippen LogP contribution in [-0.2, 0) is 0 Å². The minimum Gasteiger partial charge on any atom is -0.351 e. The Labute approximate surface area is 108 Å². The third-order valence-corrected chi connectivity index (χ3v) is 3.79. The average Bonchev–Trinajstić information content (AvgIpc) is 2.68. The van der Waals surface area contributed by atoms with E-state index in [1.165, 1.54) is 19.3 Å². The Kier molecular flexibility index (Phi) is 2.69. The van der Waals surface area contributed by atoms with E-state index in [1.54, 1.807) is 0 Å². The number of rotatable bonds is 2. The summed E-state index contributed by atoms with van der Waals surface area (Å²) >= 11 is 0. The Balaban J connectivity index is 1.79. The van der Waals surface area contributed by atoms with E-state index in [-0.39, 0.29) is 0 Å². The highest BCUT2D eigenvalue weighted by molar-refractivity contribution is 5.78. The lowest BCUT2D eigenvalue weighted by molar-refractivity contribution is 0.378. The number of anilines is 1. The average molecular weight is 241 g/mol. The standard InChI is InChI=1S/C15H19N3/c1-15(2)8-7-12(9-15)17-14-16-10-11-5-3-4-6-13(11)18-14/h3-6,10,12H,7-9H2,1-2H3,(H,16,17,18). The van der Waals surface area contributed by atoms with Crippen molar-refractivity contribution in [1.29, 1.82) is 0 Å². The van der Waals surface area contributed by atoms with E-state index in [2.05, 4.69) is 29.1 Å². The summed E-state index contributed by atoms with van der Waals surface area (Å²) in [5.74, 6) is 0.761. The third kappa shape index (κ3) is 2.30. The van der Waals surface area contributed by atoms with Crippen molar-refractivity contribution in [2.75, 3.05) is 5.32 Å². The molecule has 0 amide bonds. The fourth-order valence-corrected chi connectivity index (χ4v) is 2.78. The Hall–Kier alpha value is -1.64. The van der Waals surface area contributed by atoms with Gasteiger partial charge in [0.1, 0.15) is 0 Å². The number of para-hydroxylation sites is 1. The number of hydrogen-bond donors (Lipinski definition) is 1. The van der Waals surface area contributed by atoms with Gasteiger partial charge in [-0.1, -0.05) is 32.0 Å². The van der Waals surface area contributed by atoms with Crippen molar-refractivity contribution in [2.45, 2.75) is 39.2 Å². The molecule has 0 saturated heterocycles. The van der Waals surface area contributed by atoms with Gasteiger partial charge in [-0.25, -0.2) is 9.97 Å². The maximum atomic E-state index is 4.56. The molecule has 1 unspecified atom stereocenters. The molecule has 1 N–H and O–H groups in total. The topological polar surface area (TPSA) is 37.8 Å². The molecular formula is C15H19N3.